The van der Waals surface area contributed by atoms with Crippen LogP contribution in [-0.4, -0.2) is 75.4 Å². The molecule has 1 atom stereocenters. The molecule has 0 bridgehead atoms. The molecule has 144 valence electrons. The first kappa shape index (κ1) is 20.1. The van der Waals surface area contributed by atoms with Gasteiger partial charge >= 0.3 is 0 Å². The van der Waals surface area contributed by atoms with Crippen LogP contribution in [0.4, 0.5) is 0 Å². The van der Waals surface area contributed by atoms with Gasteiger partial charge in [0, 0.05) is 25.4 Å². The first-order chi connectivity index (χ1) is 12.1. The fourth-order valence-corrected chi connectivity index (χ4v) is 3.04. The maximum atomic E-state index is 9.17. The summed E-state index contributed by atoms with van der Waals surface area (Å²) in [7, 11) is 0. The van der Waals surface area contributed by atoms with Gasteiger partial charge in [-0.25, -0.2) is 0 Å². The Hall–Kier alpha value is -1.19. The normalized spacial score (nSPS) is 17.4. The van der Waals surface area contributed by atoms with Crippen molar-refractivity contribution in [3.8, 4) is 5.88 Å². The van der Waals surface area contributed by atoms with E-state index in [4.69, 9.17) is 19.7 Å². The summed E-state index contributed by atoms with van der Waals surface area (Å²) < 4.78 is 12.7. The molecule has 0 aromatic carbocycles. The van der Waals surface area contributed by atoms with E-state index in [1.165, 1.54) is 32.1 Å². The van der Waals surface area contributed by atoms with Crippen molar-refractivity contribution in [3.63, 3.8) is 0 Å². The van der Waals surface area contributed by atoms with E-state index < -0.39 is 12.6 Å². The van der Waals surface area contributed by atoms with Crippen LogP contribution in [-0.2, 0) is 4.74 Å². The monoisotopic (exact) mass is 357 g/mol. The lowest BCUT2D eigenvalue weighted by Gasteiger charge is -2.22. The molecule has 1 saturated carbocycles. The predicted octanol–water partition coefficient (Wildman–Crippen LogP) is 0.735. The van der Waals surface area contributed by atoms with Crippen LogP contribution in [0.25, 0.3) is 0 Å². The molecule has 0 aliphatic heterocycles. The topological polar surface area (TPSA) is 100 Å². The largest absolute Gasteiger partial charge is 0.475 e. The third-order valence-corrected chi connectivity index (χ3v) is 4.59. The van der Waals surface area contributed by atoms with Gasteiger partial charge in [0.15, 0.2) is 0 Å². The van der Waals surface area contributed by atoms with E-state index in [1.807, 2.05) is 23.9 Å². The quantitative estimate of drug-likeness (QED) is 0.502. The van der Waals surface area contributed by atoms with Gasteiger partial charge in [0.1, 0.15) is 6.61 Å². The van der Waals surface area contributed by atoms with Gasteiger partial charge in [-0.2, -0.15) is 0 Å². The van der Waals surface area contributed by atoms with Crippen molar-refractivity contribution < 1.29 is 24.8 Å². The molecule has 25 heavy (non-hydrogen) atoms. The zero-order valence-corrected chi connectivity index (χ0v) is 15.0. The lowest BCUT2D eigenvalue weighted by atomic mass is 9.96. The van der Waals surface area contributed by atoms with E-state index in [1.54, 1.807) is 0 Å². The number of rotatable bonds is 11. The molecule has 2 rings (SSSR count). The van der Waals surface area contributed by atoms with Gasteiger partial charge in [0.25, 0.3) is 0 Å². The third-order valence-electron chi connectivity index (χ3n) is 4.59. The summed E-state index contributed by atoms with van der Waals surface area (Å²) in [6.45, 7) is 4.83. The zero-order valence-electron chi connectivity index (χ0n) is 15.0. The summed E-state index contributed by atoms with van der Waals surface area (Å²) in [6, 6.07) is 2.41. The van der Waals surface area contributed by atoms with Crippen molar-refractivity contribution in [2.75, 3.05) is 32.8 Å². The van der Waals surface area contributed by atoms with Gasteiger partial charge in [-0.05, 0) is 19.4 Å². The average Bonchev–Trinajstić information content (AvgIpc) is 3.09. The van der Waals surface area contributed by atoms with Crippen LogP contribution in [0.2, 0.25) is 0 Å². The van der Waals surface area contributed by atoms with E-state index in [0.29, 0.717) is 31.6 Å². The Morgan fingerprint density at radius 1 is 1.20 bits per heavy atom. The van der Waals surface area contributed by atoms with Crippen molar-refractivity contribution in [1.82, 2.24) is 14.7 Å². The van der Waals surface area contributed by atoms with Gasteiger partial charge < -0.3 is 24.8 Å². The van der Waals surface area contributed by atoms with E-state index in [9.17, 15) is 5.11 Å². The lowest BCUT2D eigenvalue weighted by molar-refractivity contribution is -0.232. The first-order valence-electron chi connectivity index (χ1n) is 9.16. The summed E-state index contributed by atoms with van der Waals surface area (Å²) in [4.78, 5) is 2.09. The summed E-state index contributed by atoms with van der Waals surface area (Å²) in [5.74, 6) is 0.650. The van der Waals surface area contributed by atoms with Crippen LogP contribution in [0.1, 0.15) is 45.1 Å². The second-order valence-corrected chi connectivity index (χ2v) is 6.38. The van der Waals surface area contributed by atoms with Crippen LogP contribution in [0.15, 0.2) is 12.3 Å². The second-order valence-electron chi connectivity index (χ2n) is 6.38. The minimum atomic E-state index is -1.88. The van der Waals surface area contributed by atoms with Crippen molar-refractivity contribution in [3.05, 3.63) is 12.3 Å². The van der Waals surface area contributed by atoms with Gasteiger partial charge in [-0.3, -0.25) is 9.58 Å². The minimum absolute atomic E-state index is 0.211. The molecule has 1 heterocycles. The molecule has 0 radical (unpaired) electrons. The Morgan fingerprint density at radius 3 is 2.60 bits per heavy atom. The number of likely N-dealkylation sites (N-methyl/N-ethyl adjacent to an activating group) is 1. The van der Waals surface area contributed by atoms with E-state index in [-0.39, 0.29) is 6.61 Å². The van der Waals surface area contributed by atoms with Gasteiger partial charge in [0.05, 0.1) is 12.6 Å². The van der Waals surface area contributed by atoms with Crippen LogP contribution >= 0.6 is 0 Å². The Labute approximate surface area is 149 Å². The molecule has 1 aliphatic rings. The number of aliphatic hydroxyl groups is 3. The molecular formula is C17H31N3O5. The molecular weight excluding hydrogens is 326 g/mol. The second kappa shape index (κ2) is 10.7. The number of nitrogens with zero attached hydrogens (tertiary/aromatic N) is 3. The molecule has 0 amide bonds. The summed E-state index contributed by atoms with van der Waals surface area (Å²) in [6.07, 6.45) is 4.81. The summed E-state index contributed by atoms with van der Waals surface area (Å²) >= 11 is 0. The summed E-state index contributed by atoms with van der Waals surface area (Å²) in [5.41, 5.74) is 0. The molecule has 1 unspecified atom stereocenters. The van der Waals surface area contributed by atoms with Crippen molar-refractivity contribution in [2.45, 2.75) is 57.6 Å². The molecule has 8 heteroatoms. The molecule has 3 N–H and O–H groups in total. The maximum Gasteiger partial charge on any atom is 0.232 e. The fraction of sp³-hybridized carbons (Fsp3) is 0.824. The molecule has 8 nitrogen and oxygen atoms in total. The molecule has 1 aromatic heterocycles. The van der Waals surface area contributed by atoms with E-state index in [2.05, 4.69) is 10.00 Å². The minimum Gasteiger partial charge on any atom is -0.475 e. The average molecular weight is 357 g/mol. The molecule has 1 fully saturated rings. The number of aromatic nitrogens is 2. The number of ether oxygens (including phenoxy) is 2. The van der Waals surface area contributed by atoms with Gasteiger partial charge in [0.2, 0.25) is 18.5 Å². The van der Waals surface area contributed by atoms with Crippen LogP contribution in [0.5, 0.6) is 5.88 Å². The number of hydrogen-bond donors (Lipinski definition) is 3. The van der Waals surface area contributed by atoms with Crippen molar-refractivity contribution in [1.29, 1.82) is 0 Å². The Kier molecular flexibility index (Phi) is 8.63. The fourth-order valence-electron chi connectivity index (χ4n) is 3.04. The predicted molar refractivity (Wildman–Crippen MR) is 92.1 cm³/mol. The highest BCUT2D eigenvalue weighted by atomic mass is 16.6. The molecule has 0 saturated heterocycles. The standard InChI is InChI=1S/C17H31N3O5/c1-2-19(11-13-25-17(23)16(21)22)10-12-24-15-8-9-20(18-15)14-6-4-3-5-7-14/h8-9,14,16-17,21-23H,2-7,10-13H2,1H3. The highest BCUT2D eigenvalue weighted by Gasteiger charge is 2.16. The maximum absolute atomic E-state index is 9.17. The van der Waals surface area contributed by atoms with Crippen molar-refractivity contribution in [2.24, 2.45) is 0 Å². The summed E-state index contributed by atoms with van der Waals surface area (Å²) in [5, 5.41) is 31.2. The first-order valence-corrected chi connectivity index (χ1v) is 9.16. The Balaban J connectivity index is 1.65. The molecule has 1 aromatic rings. The SMILES string of the molecule is CCN(CCOc1ccn(C2CCCCC2)n1)CCOC(O)C(O)O. The number of hydrogen-bond acceptors (Lipinski definition) is 7. The molecule has 0 spiro atoms. The van der Waals surface area contributed by atoms with E-state index in [0.717, 1.165) is 6.54 Å². The molecule has 1 aliphatic carbocycles. The zero-order chi connectivity index (χ0) is 18.1. The van der Waals surface area contributed by atoms with E-state index >= 15 is 0 Å². The van der Waals surface area contributed by atoms with Gasteiger partial charge in [-0.15, -0.1) is 5.10 Å². The third kappa shape index (κ3) is 6.91. The van der Waals surface area contributed by atoms with Crippen LogP contribution < -0.4 is 4.74 Å². The Morgan fingerprint density at radius 2 is 1.92 bits per heavy atom. The lowest BCUT2D eigenvalue weighted by Crippen LogP contribution is -2.35. The van der Waals surface area contributed by atoms with Crippen molar-refractivity contribution >= 4 is 0 Å². The highest BCUT2D eigenvalue weighted by Crippen LogP contribution is 2.28. The highest BCUT2D eigenvalue weighted by molar-refractivity contribution is 5.06. The van der Waals surface area contributed by atoms with Gasteiger partial charge in [-0.1, -0.05) is 26.2 Å². The number of aliphatic hydroxyl groups excluding tert-OH is 2. The smallest absolute Gasteiger partial charge is 0.232 e. The van der Waals surface area contributed by atoms with Crippen LogP contribution in [0.3, 0.4) is 0 Å². The Bertz CT molecular complexity index is 477. The van der Waals surface area contributed by atoms with Crippen LogP contribution in [0, 0.1) is 0 Å².